The molecule has 2 rings (SSSR count). The molecular formula is C15H24N2O2S. The lowest BCUT2D eigenvalue weighted by molar-refractivity contribution is -0.121. The second-order valence-corrected chi connectivity index (χ2v) is 6.25. The molecule has 1 saturated carbocycles. The van der Waals surface area contributed by atoms with Crippen LogP contribution in [0, 0.1) is 5.92 Å². The van der Waals surface area contributed by atoms with Gasteiger partial charge in [0.1, 0.15) is 0 Å². The van der Waals surface area contributed by atoms with Crippen molar-refractivity contribution in [2.24, 2.45) is 5.92 Å². The van der Waals surface area contributed by atoms with E-state index >= 15 is 0 Å². The largest absolute Gasteiger partial charge is 0.383 e. The molecule has 0 bridgehead atoms. The molecule has 0 aromatic carbocycles. The molecule has 112 valence electrons. The van der Waals surface area contributed by atoms with Gasteiger partial charge in [-0.2, -0.15) is 0 Å². The van der Waals surface area contributed by atoms with E-state index in [0.717, 1.165) is 0 Å². The predicted octanol–water partition coefficient (Wildman–Crippen LogP) is 2.33. The Balaban J connectivity index is 1.86. The Bertz CT molecular complexity index is 389. The molecule has 0 saturated heterocycles. The van der Waals surface area contributed by atoms with Gasteiger partial charge in [0.25, 0.3) is 0 Å². The Morgan fingerprint density at radius 3 is 2.95 bits per heavy atom. The van der Waals surface area contributed by atoms with Gasteiger partial charge >= 0.3 is 0 Å². The lowest BCUT2D eigenvalue weighted by atomic mass is 9.96. The van der Waals surface area contributed by atoms with Crippen molar-refractivity contribution in [2.75, 3.05) is 26.8 Å². The molecule has 1 heterocycles. The minimum Gasteiger partial charge on any atom is -0.383 e. The van der Waals surface area contributed by atoms with E-state index < -0.39 is 0 Å². The lowest BCUT2D eigenvalue weighted by Gasteiger charge is -2.24. The van der Waals surface area contributed by atoms with Gasteiger partial charge in [0.2, 0.25) is 5.91 Å². The molecule has 0 aliphatic heterocycles. The van der Waals surface area contributed by atoms with Gasteiger partial charge in [0.05, 0.1) is 19.2 Å². The van der Waals surface area contributed by atoms with Crippen LogP contribution >= 0.6 is 11.3 Å². The van der Waals surface area contributed by atoms with Gasteiger partial charge in [0.15, 0.2) is 0 Å². The Labute approximate surface area is 124 Å². The molecule has 0 spiro atoms. The van der Waals surface area contributed by atoms with Crippen molar-refractivity contribution in [3.8, 4) is 0 Å². The molecule has 0 radical (unpaired) electrons. The van der Waals surface area contributed by atoms with Crippen molar-refractivity contribution < 1.29 is 9.53 Å². The van der Waals surface area contributed by atoms with Crippen molar-refractivity contribution in [2.45, 2.75) is 31.7 Å². The fourth-order valence-electron chi connectivity index (χ4n) is 2.78. The third kappa shape index (κ3) is 4.58. The highest BCUT2D eigenvalue weighted by Gasteiger charge is 2.28. The van der Waals surface area contributed by atoms with E-state index in [-0.39, 0.29) is 11.9 Å². The number of carbonyl (C=O) groups excluding carboxylic acids is 1. The number of nitrogens with one attached hydrogen (secondary N) is 2. The van der Waals surface area contributed by atoms with Gasteiger partial charge < -0.3 is 15.4 Å². The molecule has 1 aromatic heterocycles. The molecule has 4 nitrogen and oxygen atoms in total. The van der Waals surface area contributed by atoms with Gasteiger partial charge in [-0.05, 0) is 30.2 Å². The third-order valence-corrected chi connectivity index (χ3v) is 4.76. The van der Waals surface area contributed by atoms with E-state index in [1.807, 2.05) is 0 Å². The van der Waals surface area contributed by atoms with Crippen LogP contribution in [0.15, 0.2) is 17.5 Å². The number of thiophene rings is 1. The highest BCUT2D eigenvalue weighted by molar-refractivity contribution is 7.10. The second-order valence-electron chi connectivity index (χ2n) is 5.27. The quantitative estimate of drug-likeness (QED) is 0.724. The van der Waals surface area contributed by atoms with Crippen LogP contribution < -0.4 is 10.6 Å². The van der Waals surface area contributed by atoms with Crippen molar-refractivity contribution >= 4 is 17.2 Å². The summed E-state index contributed by atoms with van der Waals surface area (Å²) in [6.45, 7) is 1.69. The summed E-state index contributed by atoms with van der Waals surface area (Å²) >= 11 is 1.74. The Hall–Kier alpha value is -0.910. The highest BCUT2D eigenvalue weighted by atomic mass is 32.1. The first-order valence-electron chi connectivity index (χ1n) is 7.33. The number of hydrogen-bond donors (Lipinski definition) is 2. The smallest absolute Gasteiger partial charge is 0.234 e. The van der Waals surface area contributed by atoms with Crippen molar-refractivity contribution in [1.82, 2.24) is 10.6 Å². The average molecular weight is 296 g/mol. The summed E-state index contributed by atoms with van der Waals surface area (Å²) in [5, 5.41) is 8.38. The minimum atomic E-state index is 0.0754. The summed E-state index contributed by atoms with van der Waals surface area (Å²) in [4.78, 5) is 13.3. The van der Waals surface area contributed by atoms with Crippen LogP contribution in [0.2, 0.25) is 0 Å². The Morgan fingerprint density at radius 1 is 1.50 bits per heavy atom. The van der Waals surface area contributed by atoms with Crippen LogP contribution in [0.4, 0.5) is 0 Å². The van der Waals surface area contributed by atoms with E-state index in [1.54, 1.807) is 18.4 Å². The van der Waals surface area contributed by atoms with E-state index in [2.05, 4.69) is 28.1 Å². The van der Waals surface area contributed by atoms with Crippen LogP contribution in [0.25, 0.3) is 0 Å². The molecule has 1 atom stereocenters. The summed E-state index contributed by atoms with van der Waals surface area (Å²) in [7, 11) is 1.66. The minimum absolute atomic E-state index is 0.0754. The molecular weight excluding hydrogens is 272 g/mol. The Morgan fingerprint density at radius 2 is 2.30 bits per heavy atom. The molecule has 1 aliphatic carbocycles. The molecule has 5 heteroatoms. The standard InChI is InChI=1S/C15H24N2O2S/c1-19-9-8-16-11-14(18)17-15(12-5-2-3-6-12)13-7-4-10-20-13/h4,7,10,12,15-16H,2-3,5-6,8-9,11H2,1H3,(H,17,18). The van der Waals surface area contributed by atoms with Crippen molar-refractivity contribution in [3.05, 3.63) is 22.4 Å². The first kappa shape index (κ1) is 15.5. The summed E-state index contributed by atoms with van der Waals surface area (Å²) in [6.07, 6.45) is 5.02. The maximum atomic E-state index is 12.1. The van der Waals surface area contributed by atoms with Gasteiger partial charge in [-0.3, -0.25) is 4.79 Å². The number of ether oxygens (including phenoxy) is 1. The first-order chi connectivity index (χ1) is 9.81. The van der Waals surface area contributed by atoms with Gasteiger partial charge in [0, 0.05) is 18.5 Å². The zero-order valence-electron chi connectivity index (χ0n) is 12.1. The van der Waals surface area contributed by atoms with Gasteiger partial charge in [-0.1, -0.05) is 18.9 Å². The zero-order chi connectivity index (χ0) is 14.2. The average Bonchev–Trinajstić information content (AvgIpc) is 3.13. The SMILES string of the molecule is COCCNCC(=O)NC(c1cccs1)C1CCCC1. The summed E-state index contributed by atoms with van der Waals surface area (Å²) in [5.74, 6) is 0.669. The number of carbonyl (C=O) groups is 1. The molecule has 1 aliphatic rings. The maximum absolute atomic E-state index is 12.1. The number of methoxy groups -OCH3 is 1. The normalized spacial score (nSPS) is 17.2. The van der Waals surface area contributed by atoms with Crippen molar-refractivity contribution in [1.29, 1.82) is 0 Å². The fraction of sp³-hybridized carbons (Fsp3) is 0.667. The summed E-state index contributed by atoms with van der Waals surface area (Å²) in [5.41, 5.74) is 0. The summed E-state index contributed by atoms with van der Waals surface area (Å²) in [6, 6.07) is 4.38. The van der Waals surface area contributed by atoms with E-state index in [0.29, 0.717) is 25.6 Å². The topological polar surface area (TPSA) is 50.4 Å². The second kappa shape index (κ2) is 8.39. The molecule has 1 unspecified atom stereocenters. The predicted molar refractivity (Wildman–Crippen MR) is 81.9 cm³/mol. The number of rotatable bonds is 8. The van der Waals surface area contributed by atoms with Gasteiger partial charge in [-0.15, -0.1) is 11.3 Å². The molecule has 1 fully saturated rings. The zero-order valence-corrected chi connectivity index (χ0v) is 12.9. The monoisotopic (exact) mass is 296 g/mol. The maximum Gasteiger partial charge on any atom is 0.234 e. The van der Waals surface area contributed by atoms with Crippen LogP contribution in [0.3, 0.4) is 0 Å². The third-order valence-electron chi connectivity index (χ3n) is 3.81. The van der Waals surface area contributed by atoms with E-state index in [4.69, 9.17) is 4.74 Å². The van der Waals surface area contributed by atoms with E-state index in [1.165, 1.54) is 30.6 Å². The van der Waals surface area contributed by atoms with Gasteiger partial charge in [-0.25, -0.2) is 0 Å². The van der Waals surface area contributed by atoms with E-state index in [9.17, 15) is 4.79 Å². The molecule has 2 N–H and O–H groups in total. The molecule has 1 amide bonds. The Kier molecular flexibility index (Phi) is 6.50. The first-order valence-corrected chi connectivity index (χ1v) is 8.21. The summed E-state index contributed by atoms with van der Waals surface area (Å²) < 4.78 is 4.95. The highest BCUT2D eigenvalue weighted by Crippen LogP contribution is 2.37. The van der Waals surface area contributed by atoms with Crippen LogP contribution in [0.1, 0.15) is 36.6 Å². The fourth-order valence-corrected chi connectivity index (χ4v) is 3.65. The number of amides is 1. The number of hydrogen-bond acceptors (Lipinski definition) is 4. The van der Waals surface area contributed by atoms with Crippen LogP contribution in [0.5, 0.6) is 0 Å². The van der Waals surface area contributed by atoms with Crippen LogP contribution in [-0.2, 0) is 9.53 Å². The van der Waals surface area contributed by atoms with Crippen LogP contribution in [-0.4, -0.2) is 32.7 Å². The van der Waals surface area contributed by atoms with Crippen molar-refractivity contribution in [3.63, 3.8) is 0 Å². The molecule has 1 aromatic rings. The molecule has 20 heavy (non-hydrogen) atoms. The lowest BCUT2D eigenvalue weighted by Crippen LogP contribution is -2.39.